The molecule has 0 spiro atoms. The number of aromatic nitrogens is 4. The van der Waals surface area contributed by atoms with E-state index in [-0.39, 0.29) is 0 Å². The predicted octanol–water partition coefficient (Wildman–Crippen LogP) is 11.2. The largest absolute Gasteiger partial charge is 0.244 e. The highest BCUT2D eigenvalue weighted by molar-refractivity contribution is 7.22. The molecule has 0 N–H and O–H groups in total. The van der Waals surface area contributed by atoms with Crippen LogP contribution in [0.25, 0.3) is 74.0 Å². The maximum absolute atomic E-state index is 5.30. The number of thiazole rings is 4. The van der Waals surface area contributed by atoms with Gasteiger partial charge in [0.05, 0.1) is 20.3 Å². The minimum Gasteiger partial charge on any atom is -0.244 e. The van der Waals surface area contributed by atoms with E-state index in [1.54, 1.807) is 45.3 Å². The minimum absolute atomic E-state index is 0.901. The average Bonchev–Trinajstić information content (AvgIpc) is 3.92. The second-order valence-electron chi connectivity index (χ2n) is 9.93. The summed E-state index contributed by atoms with van der Waals surface area (Å²) in [6, 6.07) is 41.4. The van der Waals surface area contributed by atoms with Gasteiger partial charge in [0.1, 0.15) is 31.4 Å². The van der Waals surface area contributed by atoms with E-state index in [1.807, 2.05) is 42.6 Å². The van der Waals surface area contributed by atoms with E-state index in [2.05, 4.69) is 90.3 Å². The quantitative estimate of drug-likeness (QED) is 0.174. The van der Waals surface area contributed by atoms with Gasteiger partial charge < -0.3 is 0 Å². The second kappa shape index (κ2) is 11.8. The lowest BCUT2D eigenvalue weighted by Gasteiger charge is -2.00. The molecule has 44 heavy (non-hydrogen) atoms. The molecular weight excluding hydrogens is 617 g/mol. The highest BCUT2D eigenvalue weighted by atomic mass is 32.1. The van der Waals surface area contributed by atoms with Gasteiger partial charge in [0.15, 0.2) is 0 Å². The summed E-state index contributed by atoms with van der Waals surface area (Å²) < 4.78 is 0. The average molecular weight is 639 g/mol. The lowest BCUT2D eigenvalue weighted by Crippen LogP contribution is -1.84. The van der Waals surface area contributed by atoms with Crippen molar-refractivity contribution in [2.45, 2.75) is 0 Å². The van der Waals surface area contributed by atoms with E-state index in [4.69, 9.17) is 19.9 Å². The van der Waals surface area contributed by atoms with Gasteiger partial charge in [-0.15, -0.1) is 45.3 Å². The molecule has 8 rings (SSSR count). The maximum atomic E-state index is 5.30. The predicted molar refractivity (Wildman–Crippen MR) is 187 cm³/mol. The van der Waals surface area contributed by atoms with Crippen LogP contribution in [-0.4, -0.2) is 19.9 Å². The molecule has 0 unspecified atom stereocenters. The van der Waals surface area contributed by atoms with Crippen molar-refractivity contribution in [3.63, 3.8) is 0 Å². The Morgan fingerprint density at radius 2 is 0.886 bits per heavy atom. The molecule has 4 aromatic carbocycles. The third-order valence-corrected chi connectivity index (χ3v) is 11.2. The Morgan fingerprint density at radius 3 is 1.45 bits per heavy atom. The summed E-state index contributed by atoms with van der Waals surface area (Å²) in [5.74, 6) is 0. The van der Waals surface area contributed by atoms with Crippen molar-refractivity contribution in [2.24, 2.45) is 0 Å². The summed E-state index contributed by atoms with van der Waals surface area (Å²) in [6.07, 6.45) is 1.95. The van der Waals surface area contributed by atoms with Gasteiger partial charge >= 0.3 is 0 Å². The third kappa shape index (κ3) is 5.22. The minimum atomic E-state index is 0.901. The number of rotatable bonds is 7. The van der Waals surface area contributed by atoms with Crippen LogP contribution in [0.1, 0.15) is 0 Å². The lowest BCUT2D eigenvalue weighted by molar-refractivity contribution is 1.36. The fourth-order valence-corrected chi connectivity index (χ4v) is 8.95. The Morgan fingerprint density at radius 1 is 0.409 bits per heavy atom. The first-order valence-corrected chi connectivity index (χ1v) is 17.3. The first-order chi connectivity index (χ1) is 21.8. The number of hydrogen-bond acceptors (Lipinski definition) is 8. The standard InChI is InChI=1S/C36H22N4S4/c1-5-13-23(14-6-1)33-37-21-28(42-33)29-32(44-35(39-29)25-17-9-3-10-18-25)30-31(43-36(40-30)26-19-11-4-12-20-26)27-22-41-34(38-27)24-15-7-2-8-16-24/h1-22H. The fraction of sp³-hybridized carbons (Fsp3) is 0. The van der Waals surface area contributed by atoms with Gasteiger partial charge in [-0.25, -0.2) is 19.9 Å². The molecule has 0 radical (unpaired) electrons. The molecule has 0 amide bonds. The number of benzene rings is 4. The van der Waals surface area contributed by atoms with Crippen molar-refractivity contribution >= 4 is 45.3 Å². The summed E-state index contributed by atoms with van der Waals surface area (Å²) in [5.41, 5.74) is 7.11. The zero-order valence-corrected chi connectivity index (χ0v) is 26.4. The van der Waals surface area contributed by atoms with Gasteiger partial charge in [-0.05, 0) is 0 Å². The first kappa shape index (κ1) is 27.0. The highest BCUT2D eigenvalue weighted by Crippen LogP contribution is 2.49. The molecule has 0 saturated carbocycles. The van der Waals surface area contributed by atoms with Crippen molar-refractivity contribution in [1.29, 1.82) is 0 Å². The Labute approximate surface area is 270 Å². The highest BCUT2D eigenvalue weighted by Gasteiger charge is 2.26. The number of nitrogens with zero attached hydrogens (tertiary/aromatic N) is 4. The molecule has 0 aliphatic heterocycles. The Bertz CT molecular complexity index is 2010. The topological polar surface area (TPSA) is 51.6 Å². The lowest BCUT2D eigenvalue weighted by atomic mass is 10.2. The third-order valence-electron chi connectivity index (χ3n) is 7.03. The van der Waals surface area contributed by atoms with Gasteiger partial charge in [-0.1, -0.05) is 121 Å². The molecular formula is C36H22N4S4. The van der Waals surface area contributed by atoms with Gasteiger partial charge in [0.2, 0.25) is 0 Å². The summed E-state index contributed by atoms with van der Waals surface area (Å²) >= 11 is 6.67. The molecule has 4 nitrogen and oxygen atoms in total. The van der Waals surface area contributed by atoms with Gasteiger partial charge in [0.25, 0.3) is 0 Å². The van der Waals surface area contributed by atoms with Crippen LogP contribution in [0.15, 0.2) is 133 Å². The van der Waals surface area contributed by atoms with E-state index < -0.39 is 0 Å². The van der Waals surface area contributed by atoms with E-state index in [0.717, 1.165) is 74.0 Å². The molecule has 0 bridgehead atoms. The first-order valence-electron chi connectivity index (χ1n) is 14.0. The smallest absolute Gasteiger partial charge is 0.124 e. The van der Waals surface area contributed by atoms with Gasteiger partial charge in [0, 0.05) is 33.8 Å². The molecule has 0 atom stereocenters. The number of hydrogen-bond donors (Lipinski definition) is 0. The van der Waals surface area contributed by atoms with Crippen molar-refractivity contribution in [2.75, 3.05) is 0 Å². The molecule has 4 heterocycles. The summed E-state index contributed by atoms with van der Waals surface area (Å²) in [5, 5.41) is 6.02. The second-order valence-corrected chi connectivity index (χ2v) is 13.8. The van der Waals surface area contributed by atoms with Crippen LogP contribution in [0.4, 0.5) is 0 Å². The van der Waals surface area contributed by atoms with Gasteiger partial charge in [-0.3, -0.25) is 0 Å². The fourth-order valence-electron chi connectivity index (χ4n) is 4.89. The normalized spacial score (nSPS) is 11.2. The van der Waals surface area contributed by atoms with Crippen molar-refractivity contribution in [3.8, 4) is 74.0 Å². The molecule has 8 aromatic rings. The van der Waals surface area contributed by atoms with Crippen LogP contribution in [-0.2, 0) is 0 Å². The van der Waals surface area contributed by atoms with Crippen LogP contribution < -0.4 is 0 Å². The van der Waals surface area contributed by atoms with Crippen molar-refractivity contribution in [1.82, 2.24) is 19.9 Å². The zero-order valence-electron chi connectivity index (χ0n) is 23.1. The zero-order chi connectivity index (χ0) is 29.3. The molecule has 8 heteroatoms. The summed E-state index contributed by atoms with van der Waals surface area (Å²) in [4.78, 5) is 23.5. The van der Waals surface area contributed by atoms with Crippen LogP contribution in [0.2, 0.25) is 0 Å². The van der Waals surface area contributed by atoms with Crippen LogP contribution >= 0.6 is 45.3 Å². The van der Waals surface area contributed by atoms with E-state index in [0.29, 0.717) is 0 Å². The maximum Gasteiger partial charge on any atom is 0.124 e. The molecule has 0 saturated heterocycles. The molecule has 210 valence electrons. The van der Waals surface area contributed by atoms with Gasteiger partial charge in [-0.2, -0.15) is 0 Å². The Hall–Kier alpha value is -4.60. The molecule has 0 fully saturated rings. The Kier molecular flexibility index (Phi) is 7.25. The van der Waals surface area contributed by atoms with Crippen LogP contribution in [0, 0.1) is 0 Å². The van der Waals surface area contributed by atoms with Crippen LogP contribution in [0.5, 0.6) is 0 Å². The van der Waals surface area contributed by atoms with E-state index >= 15 is 0 Å². The van der Waals surface area contributed by atoms with E-state index in [1.165, 1.54) is 0 Å². The monoisotopic (exact) mass is 638 g/mol. The Balaban J connectivity index is 1.32. The van der Waals surface area contributed by atoms with Crippen LogP contribution in [0.3, 0.4) is 0 Å². The van der Waals surface area contributed by atoms with Crippen molar-refractivity contribution < 1.29 is 0 Å². The molecule has 0 aliphatic carbocycles. The van der Waals surface area contributed by atoms with Crippen molar-refractivity contribution in [3.05, 3.63) is 133 Å². The molecule has 4 aromatic heterocycles. The summed E-state index contributed by atoms with van der Waals surface area (Å²) in [7, 11) is 0. The van der Waals surface area contributed by atoms with E-state index in [9.17, 15) is 0 Å². The molecule has 0 aliphatic rings. The summed E-state index contributed by atoms with van der Waals surface area (Å²) in [6.45, 7) is 0. The SMILES string of the molecule is c1ccc(-c2nc(-c3sc(-c4ccccc4)nc3-c3sc(-c4ccccc4)nc3-c3cnc(-c4ccccc4)s3)cs2)cc1.